The Balaban J connectivity index is 2.26. The van der Waals surface area contributed by atoms with E-state index in [0.717, 1.165) is 0 Å². The smallest absolute Gasteiger partial charge is 0.312 e. The van der Waals surface area contributed by atoms with Gasteiger partial charge in [0.05, 0.1) is 44.5 Å². The SMILES string of the molecule is COCCOCCOCCn1nc(C)c([N+](=O)[O-])c1C. The van der Waals surface area contributed by atoms with E-state index in [0.29, 0.717) is 51.0 Å². The molecule has 8 nitrogen and oxygen atoms in total. The topological polar surface area (TPSA) is 88.7 Å². The Labute approximate surface area is 117 Å². The van der Waals surface area contributed by atoms with Gasteiger partial charge in [0.25, 0.3) is 0 Å². The predicted octanol–water partition coefficient (Wildman–Crippen LogP) is 1.09. The maximum atomic E-state index is 10.9. The lowest BCUT2D eigenvalue weighted by atomic mass is 10.3. The third-order valence-electron chi connectivity index (χ3n) is 2.78. The van der Waals surface area contributed by atoms with Crippen molar-refractivity contribution in [1.29, 1.82) is 0 Å². The summed E-state index contributed by atoms with van der Waals surface area (Å²) in [7, 11) is 1.62. The van der Waals surface area contributed by atoms with Crippen molar-refractivity contribution < 1.29 is 19.1 Å². The molecular formula is C12H21N3O5. The highest BCUT2D eigenvalue weighted by atomic mass is 16.6. The fraction of sp³-hybridized carbons (Fsp3) is 0.750. The average molecular weight is 287 g/mol. The summed E-state index contributed by atoms with van der Waals surface area (Å²) in [4.78, 5) is 10.4. The van der Waals surface area contributed by atoms with Crippen molar-refractivity contribution in [1.82, 2.24) is 9.78 Å². The first-order valence-corrected chi connectivity index (χ1v) is 6.40. The number of aryl methyl sites for hydroxylation is 1. The zero-order chi connectivity index (χ0) is 15.0. The Morgan fingerprint density at radius 2 is 1.75 bits per heavy atom. The third-order valence-corrected chi connectivity index (χ3v) is 2.78. The molecule has 0 saturated carbocycles. The molecular weight excluding hydrogens is 266 g/mol. The molecule has 1 aromatic rings. The number of nitro groups is 1. The molecule has 0 radical (unpaired) electrons. The van der Waals surface area contributed by atoms with Crippen molar-refractivity contribution in [3.8, 4) is 0 Å². The lowest BCUT2D eigenvalue weighted by Gasteiger charge is -2.06. The standard InChI is InChI=1S/C12H21N3O5/c1-10-12(15(16)17)11(2)14(13-10)4-5-19-8-9-20-7-6-18-3/h4-9H2,1-3H3. The van der Waals surface area contributed by atoms with Crippen LogP contribution < -0.4 is 0 Å². The zero-order valence-electron chi connectivity index (χ0n) is 12.1. The summed E-state index contributed by atoms with van der Waals surface area (Å²) in [6.07, 6.45) is 0. The Morgan fingerprint density at radius 3 is 2.30 bits per heavy atom. The fourth-order valence-corrected chi connectivity index (χ4v) is 1.78. The van der Waals surface area contributed by atoms with Crippen LogP contribution in [0.3, 0.4) is 0 Å². The van der Waals surface area contributed by atoms with Gasteiger partial charge in [-0.15, -0.1) is 0 Å². The van der Waals surface area contributed by atoms with Crippen LogP contribution in [0.25, 0.3) is 0 Å². The lowest BCUT2D eigenvalue weighted by Crippen LogP contribution is -2.13. The van der Waals surface area contributed by atoms with Gasteiger partial charge in [-0.3, -0.25) is 14.8 Å². The number of hydrogen-bond donors (Lipinski definition) is 0. The van der Waals surface area contributed by atoms with Crippen LogP contribution in [0.4, 0.5) is 5.69 Å². The average Bonchev–Trinajstić information content (AvgIpc) is 2.67. The van der Waals surface area contributed by atoms with Crippen LogP contribution in [0.5, 0.6) is 0 Å². The van der Waals surface area contributed by atoms with E-state index in [1.807, 2.05) is 0 Å². The van der Waals surface area contributed by atoms with Crippen molar-refractivity contribution in [2.24, 2.45) is 0 Å². The summed E-state index contributed by atoms with van der Waals surface area (Å²) in [6.45, 7) is 6.33. The third kappa shape index (κ3) is 4.87. The van der Waals surface area contributed by atoms with E-state index in [1.165, 1.54) is 0 Å². The minimum atomic E-state index is -0.404. The molecule has 0 fully saturated rings. The van der Waals surface area contributed by atoms with Crippen LogP contribution in [-0.2, 0) is 20.8 Å². The molecule has 0 unspecified atom stereocenters. The van der Waals surface area contributed by atoms with Crippen molar-refractivity contribution in [3.63, 3.8) is 0 Å². The van der Waals surface area contributed by atoms with Crippen LogP contribution in [0.1, 0.15) is 11.4 Å². The van der Waals surface area contributed by atoms with Gasteiger partial charge in [-0.2, -0.15) is 5.10 Å². The number of rotatable bonds is 10. The van der Waals surface area contributed by atoms with Crippen LogP contribution in [0.2, 0.25) is 0 Å². The van der Waals surface area contributed by atoms with Gasteiger partial charge in [0, 0.05) is 7.11 Å². The Kier molecular flexibility index (Phi) is 7.13. The van der Waals surface area contributed by atoms with Gasteiger partial charge in [-0.05, 0) is 13.8 Å². The molecule has 0 aliphatic carbocycles. The lowest BCUT2D eigenvalue weighted by molar-refractivity contribution is -0.386. The Bertz CT molecular complexity index is 433. The van der Waals surface area contributed by atoms with E-state index in [2.05, 4.69) is 5.10 Å². The first kappa shape index (κ1) is 16.5. The Hall–Kier alpha value is -1.51. The monoisotopic (exact) mass is 287 g/mol. The molecule has 0 amide bonds. The van der Waals surface area contributed by atoms with E-state index >= 15 is 0 Å². The second-order valence-electron chi connectivity index (χ2n) is 4.22. The van der Waals surface area contributed by atoms with Crippen molar-refractivity contribution in [3.05, 3.63) is 21.5 Å². The van der Waals surface area contributed by atoms with Gasteiger partial charge >= 0.3 is 5.69 Å². The molecule has 0 spiro atoms. The van der Waals surface area contributed by atoms with Crippen molar-refractivity contribution >= 4 is 5.69 Å². The van der Waals surface area contributed by atoms with E-state index in [9.17, 15) is 10.1 Å². The van der Waals surface area contributed by atoms with Gasteiger partial charge in [0.15, 0.2) is 0 Å². The molecule has 0 aromatic carbocycles. The van der Waals surface area contributed by atoms with Gasteiger partial charge in [0.1, 0.15) is 11.4 Å². The van der Waals surface area contributed by atoms with E-state index < -0.39 is 4.92 Å². The molecule has 8 heteroatoms. The highest BCUT2D eigenvalue weighted by Gasteiger charge is 2.21. The van der Waals surface area contributed by atoms with Crippen LogP contribution in [0.15, 0.2) is 0 Å². The van der Waals surface area contributed by atoms with Gasteiger partial charge < -0.3 is 14.2 Å². The second kappa shape index (κ2) is 8.62. The van der Waals surface area contributed by atoms with Crippen LogP contribution in [0, 0.1) is 24.0 Å². The molecule has 0 aliphatic heterocycles. The van der Waals surface area contributed by atoms with E-state index in [4.69, 9.17) is 14.2 Å². The maximum absolute atomic E-state index is 10.9. The second-order valence-corrected chi connectivity index (χ2v) is 4.22. The summed E-state index contributed by atoms with van der Waals surface area (Å²) >= 11 is 0. The van der Waals surface area contributed by atoms with Crippen molar-refractivity contribution in [2.75, 3.05) is 40.1 Å². The quantitative estimate of drug-likeness (QED) is 0.363. The van der Waals surface area contributed by atoms with Crippen molar-refractivity contribution in [2.45, 2.75) is 20.4 Å². The van der Waals surface area contributed by atoms with E-state index in [1.54, 1.807) is 25.6 Å². The van der Waals surface area contributed by atoms with Gasteiger partial charge in [0.2, 0.25) is 0 Å². The Morgan fingerprint density at radius 1 is 1.15 bits per heavy atom. The summed E-state index contributed by atoms with van der Waals surface area (Å²) in [5.74, 6) is 0. The summed E-state index contributed by atoms with van der Waals surface area (Å²) in [5.41, 5.74) is 1.05. The minimum absolute atomic E-state index is 0.0768. The normalized spacial score (nSPS) is 10.9. The zero-order valence-corrected chi connectivity index (χ0v) is 12.1. The molecule has 0 atom stereocenters. The van der Waals surface area contributed by atoms with Crippen LogP contribution in [-0.4, -0.2) is 54.8 Å². The molecule has 1 aromatic heterocycles. The first-order chi connectivity index (χ1) is 9.57. The van der Waals surface area contributed by atoms with Gasteiger partial charge in [-0.25, -0.2) is 0 Å². The molecule has 1 heterocycles. The maximum Gasteiger partial charge on any atom is 0.312 e. The molecule has 0 aliphatic rings. The summed E-state index contributed by atoms with van der Waals surface area (Å²) < 4.78 is 17.1. The molecule has 0 bridgehead atoms. The molecule has 0 saturated heterocycles. The molecule has 1 rings (SSSR count). The summed E-state index contributed by atoms with van der Waals surface area (Å²) in [6, 6.07) is 0. The predicted molar refractivity (Wildman–Crippen MR) is 71.9 cm³/mol. The number of nitrogens with zero attached hydrogens (tertiary/aromatic N) is 3. The summed E-state index contributed by atoms with van der Waals surface area (Å²) in [5, 5.41) is 15.0. The molecule has 20 heavy (non-hydrogen) atoms. The van der Waals surface area contributed by atoms with Crippen LogP contribution >= 0.6 is 0 Å². The highest BCUT2D eigenvalue weighted by Crippen LogP contribution is 2.21. The highest BCUT2D eigenvalue weighted by molar-refractivity contribution is 5.39. The number of ether oxygens (including phenoxy) is 3. The number of aromatic nitrogens is 2. The number of methoxy groups -OCH3 is 1. The molecule has 114 valence electrons. The minimum Gasteiger partial charge on any atom is -0.382 e. The largest absolute Gasteiger partial charge is 0.382 e. The van der Waals surface area contributed by atoms with Gasteiger partial charge in [-0.1, -0.05) is 0 Å². The molecule has 0 N–H and O–H groups in total. The first-order valence-electron chi connectivity index (χ1n) is 6.40. The fourth-order valence-electron chi connectivity index (χ4n) is 1.78. The van der Waals surface area contributed by atoms with E-state index in [-0.39, 0.29) is 5.69 Å². The number of hydrogen-bond acceptors (Lipinski definition) is 6.